The first-order valence-corrected chi connectivity index (χ1v) is 12.6. The molecule has 154 valence electrons. The fraction of sp³-hybridized carbons (Fsp3) is 0.579. The lowest BCUT2D eigenvalue weighted by Crippen LogP contribution is -2.59. The second-order valence-electron chi connectivity index (χ2n) is 8.72. The number of rotatable bonds is 4. The van der Waals surface area contributed by atoms with E-state index in [-0.39, 0.29) is 17.2 Å². The largest absolute Gasteiger partial charge is 0.465 e. The first-order valence-electron chi connectivity index (χ1n) is 9.27. The Labute approximate surface area is 172 Å². The van der Waals surface area contributed by atoms with Gasteiger partial charge < -0.3 is 25.5 Å². The van der Waals surface area contributed by atoms with E-state index >= 15 is 0 Å². The first kappa shape index (κ1) is 22.3. The van der Waals surface area contributed by atoms with Gasteiger partial charge in [-0.1, -0.05) is 32.4 Å². The van der Waals surface area contributed by atoms with Gasteiger partial charge >= 0.3 is 6.09 Å². The van der Waals surface area contributed by atoms with Gasteiger partial charge in [-0.2, -0.15) is 5.26 Å². The van der Waals surface area contributed by atoms with Crippen LogP contribution in [-0.4, -0.2) is 44.8 Å². The van der Waals surface area contributed by atoms with E-state index in [1.54, 1.807) is 12.1 Å². The van der Waals surface area contributed by atoms with Crippen LogP contribution in [0.4, 0.5) is 16.2 Å². The van der Waals surface area contributed by atoms with Gasteiger partial charge in [-0.25, -0.2) is 4.79 Å². The van der Waals surface area contributed by atoms with Crippen LogP contribution in [0.5, 0.6) is 0 Å². The Balaban J connectivity index is 2.34. The molecule has 2 atom stereocenters. The fourth-order valence-corrected chi connectivity index (χ4v) is 4.64. The summed E-state index contributed by atoms with van der Waals surface area (Å²) in [6, 6.07) is 5.06. The Morgan fingerprint density at radius 1 is 1.46 bits per heavy atom. The minimum atomic E-state index is -2.13. The second kappa shape index (κ2) is 8.19. The van der Waals surface area contributed by atoms with E-state index < -0.39 is 14.4 Å². The second-order valence-corrected chi connectivity index (χ2v) is 13.9. The van der Waals surface area contributed by atoms with Crippen molar-refractivity contribution < 1.29 is 14.3 Å². The molecule has 9 heteroatoms. The number of benzene rings is 1. The SMILES string of the molecule is CC(C)(C)[Si](C)(C)O[C@@H]1CN(c2cc(C#N)cc(N)c2Cl)CC[C@H]1NC(=O)O. The molecule has 0 radical (unpaired) electrons. The first-order chi connectivity index (χ1) is 12.9. The van der Waals surface area contributed by atoms with Crippen LogP contribution in [0.15, 0.2) is 12.1 Å². The molecule has 0 aromatic heterocycles. The molecular weight excluding hydrogens is 396 g/mol. The summed E-state index contributed by atoms with van der Waals surface area (Å²) in [7, 11) is -2.13. The highest BCUT2D eigenvalue weighted by Crippen LogP contribution is 2.39. The molecule has 1 aromatic carbocycles. The predicted octanol–water partition coefficient (Wildman–Crippen LogP) is 4.03. The third-order valence-electron chi connectivity index (χ3n) is 5.67. The molecule has 7 nitrogen and oxygen atoms in total. The lowest BCUT2D eigenvalue weighted by molar-refractivity contribution is 0.115. The molecule has 1 amide bonds. The Kier molecular flexibility index (Phi) is 6.54. The van der Waals surface area contributed by atoms with Crippen LogP contribution in [0.1, 0.15) is 32.8 Å². The molecule has 1 aliphatic heterocycles. The van der Waals surface area contributed by atoms with Gasteiger partial charge in [-0.15, -0.1) is 0 Å². The molecular formula is C19H29ClN4O3Si. The Bertz CT molecular complexity index is 789. The smallest absolute Gasteiger partial charge is 0.404 e. The maximum atomic E-state index is 11.3. The number of amides is 1. The van der Waals surface area contributed by atoms with Gasteiger partial charge in [-0.3, -0.25) is 0 Å². The van der Waals surface area contributed by atoms with Crippen LogP contribution in [0, 0.1) is 11.3 Å². The number of nitrogens with two attached hydrogens (primary N) is 1. The molecule has 2 rings (SSSR count). The van der Waals surface area contributed by atoms with Crippen LogP contribution < -0.4 is 16.0 Å². The highest BCUT2D eigenvalue weighted by molar-refractivity contribution is 6.74. The third kappa shape index (κ3) is 4.90. The number of anilines is 2. The van der Waals surface area contributed by atoms with Gasteiger partial charge in [0.1, 0.15) is 0 Å². The zero-order chi connectivity index (χ0) is 21.3. The number of nitrogens with zero attached hydrogens (tertiary/aromatic N) is 2. The summed E-state index contributed by atoms with van der Waals surface area (Å²) < 4.78 is 6.57. The summed E-state index contributed by atoms with van der Waals surface area (Å²) in [5.41, 5.74) is 7.43. The molecule has 1 saturated heterocycles. The zero-order valence-electron chi connectivity index (χ0n) is 17.0. The van der Waals surface area contributed by atoms with Crippen molar-refractivity contribution >= 4 is 37.4 Å². The highest BCUT2D eigenvalue weighted by atomic mass is 35.5. The minimum Gasteiger partial charge on any atom is -0.465 e. The van der Waals surface area contributed by atoms with Crippen molar-refractivity contribution in [1.29, 1.82) is 5.26 Å². The van der Waals surface area contributed by atoms with Crippen molar-refractivity contribution in [2.75, 3.05) is 23.7 Å². The summed E-state index contributed by atoms with van der Waals surface area (Å²) in [6.07, 6.45) is -0.816. The van der Waals surface area contributed by atoms with Crippen molar-refractivity contribution in [2.24, 2.45) is 0 Å². The van der Waals surface area contributed by atoms with E-state index in [2.05, 4.69) is 45.3 Å². The Hall–Kier alpha value is -1.95. The van der Waals surface area contributed by atoms with E-state index in [1.807, 2.05) is 4.90 Å². The van der Waals surface area contributed by atoms with Crippen LogP contribution in [0.3, 0.4) is 0 Å². The van der Waals surface area contributed by atoms with Crippen LogP contribution >= 0.6 is 11.6 Å². The fourth-order valence-electron chi connectivity index (χ4n) is 3.06. The average molecular weight is 425 g/mol. The summed E-state index contributed by atoms with van der Waals surface area (Å²) >= 11 is 6.41. The van der Waals surface area contributed by atoms with E-state index in [0.717, 1.165) is 0 Å². The summed E-state index contributed by atoms with van der Waals surface area (Å²) in [5, 5.41) is 21.5. The van der Waals surface area contributed by atoms with Gasteiger partial charge in [0.2, 0.25) is 0 Å². The van der Waals surface area contributed by atoms with Gasteiger partial charge in [0.05, 0.1) is 40.2 Å². The third-order valence-corrected chi connectivity index (χ3v) is 10.6. The molecule has 28 heavy (non-hydrogen) atoms. The van der Waals surface area contributed by atoms with Crippen molar-refractivity contribution in [2.45, 2.75) is 57.5 Å². The molecule has 1 fully saturated rings. The topological polar surface area (TPSA) is 112 Å². The number of nitrogen functional groups attached to an aromatic ring is 1. The number of nitrogens with one attached hydrogen (secondary N) is 1. The van der Waals surface area contributed by atoms with E-state index in [4.69, 9.17) is 21.8 Å². The Morgan fingerprint density at radius 2 is 2.11 bits per heavy atom. The van der Waals surface area contributed by atoms with E-state index in [9.17, 15) is 15.2 Å². The monoisotopic (exact) mass is 424 g/mol. The van der Waals surface area contributed by atoms with Crippen molar-refractivity contribution in [3.05, 3.63) is 22.7 Å². The Morgan fingerprint density at radius 3 is 2.64 bits per heavy atom. The van der Waals surface area contributed by atoms with Crippen molar-refractivity contribution in [1.82, 2.24) is 5.32 Å². The lowest BCUT2D eigenvalue weighted by Gasteiger charge is -2.46. The minimum absolute atomic E-state index is 0.00809. The lowest BCUT2D eigenvalue weighted by atomic mass is 10.0. The highest BCUT2D eigenvalue weighted by Gasteiger charge is 2.43. The number of hydrogen-bond donors (Lipinski definition) is 3. The number of piperidine rings is 1. The van der Waals surface area contributed by atoms with Crippen molar-refractivity contribution in [3.8, 4) is 6.07 Å². The van der Waals surface area contributed by atoms with Crippen LogP contribution in [-0.2, 0) is 4.43 Å². The normalized spacial score (nSPS) is 20.5. The van der Waals surface area contributed by atoms with Crippen LogP contribution in [0.2, 0.25) is 23.2 Å². The molecule has 4 N–H and O–H groups in total. The molecule has 1 aliphatic rings. The van der Waals surface area contributed by atoms with Gasteiger partial charge in [0.25, 0.3) is 0 Å². The average Bonchev–Trinajstić information content (AvgIpc) is 2.57. The number of carboxylic acid groups (broad SMARTS) is 1. The maximum absolute atomic E-state index is 11.3. The van der Waals surface area contributed by atoms with Gasteiger partial charge in [-0.05, 0) is 36.7 Å². The summed E-state index contributed by atoms with van der Waals surface area (Å²) in [6.45, 7) is 11.8. The number of halogens is 1. The molecule has 0 unspecified atom stereocenters. The van der Waals surface area contributed by atoms with Crippen LogP contribution in [0.25, 0.3) is 0 Å². The van der Waals surface area contributed by atoms with Gasteiger partial charge in [0, 0.05) is 13.1 Å². The predicted molar refractivity (Wildman–Crippen MR) is 114 cm³/mol. The maximum Gasteiger partial charge on any atom is 0.404 e. The quantitative estimate of drug-likeness (QED) is 0.497. The molecule has 1 heterocycles. The molecule has 0 bridgehead atoms. The zero-order valence-corrected chi connectivity index (χ0v) is 18.8. The standard InChI is InChI=1S/C19H29ClN4O3Si/c1-19(2,3)28(4,5)27-16-11-24(7-6-14(16)23-18(25)26)15-9-12(10-21)8-13(22)17(15)20/h8-9,14,16,23H,6-7,11,22H2,1-5H3,(H,25,26)/t14-,16-/m1/s1. The molecule has 0 spiro atoms. The number of hydrogen-bond acceptors (Lipinski definition) is 5. The molecule has 0 saturated carbocycles. The number of carbonyl (C=O) groups is 1. The van der Waals surface area contributed by atoms with E-state index in [1.165, 1.54) is 0 Å². The summed E-state index contributed by atoms with van der Waals surface area (Å²) in [4.78, 5) is 13.3. The molecule has 1 aromatic rings. The number of nitriles is 1. The van der Waals surface area contributed by atoms with Crippen molar-refractivity contribution in [3.63, 3.8) is 0 Å². The van der Waals surface area contributed by atoms with E-state index in [0.29, 0.717) is 41.5 Å². The van der Waals surface area contributed by atoms with Gasteiger partial charge in [0.15, 0.2) is 8.32 Å². The summed E-state index contributed by atoms with van der Waals surface area (Å²) in [5.74, 6) is 0. The molecule has 0 aliphatic carbocycles.